The molecule has 5 rings (SSSR count). The first-order valence-electron chi connectivity index (χ1n) is 9.98. The average Bonchev–Trinajstić information content (AvgIpc) is 2.96. The second kappa shape index (κ2) is 7.53. The van der Waals surface area contributed by atoms with Crippen molar-refractivity contribution in [3.8, 4) is 11.5 Å². The molecule has 0 saturated heterocycles. The number of benzene rings is 3. The third-order valence-electron chi connectivity index (χ3n) is 5.55. The summed E-state index contributed by atoms with van der Waals surface area (Å²) >= 11 is 0. The number of nitrogens with one attached hydrogen (secondary N) is 1. The number of nitrogens with zero attached hydrogens (tertiary/aromatic N) is 1. The minimum atomic E-state index is 0.873. The lowest BCUT2D eigenvalue weighted by atomic mass is 10.1. The molecule has 1 N–H and O–H groups in total. The fourth-order valence-electron chi connectivity index (χ4n) is 4.12. The molecule has 4 aromatic rings. The van der Waals surface area contributed by atoms with Crippen molar-refractivity contribution >= 4 is 10.9 Å². The van der Waals surface area contributed by atoms with Gasteiger partial charge in [0.1, 0.15) is 11.5 Å². The summed E-state index contributed by atoms with van der Waals surface area (Å²) in [6.07, 6.45) is 2.13. The molecule has 0 aliphatic carbocycles. The van der Waals surface area contributed by atoms with Gasteiger partial charge in [0.05, 0.1) is 0 Å². The molecule has 3 nitrogen and oxygen atoms in total. The highest BCUT2D eigenvalue weighted by Gasteiger charge is 2.19. The number of hydrogen-bond acceptors (Lipinski definition) is 2. The zero-order valence-corrected chi connectivity index (χ0v) is 15.9. The second-order valence-electron chi connectivity index (χ2n) is 7.47. The minimum absolute atomic E-state index is 0.873. The summed E-state index contributed by atoms with van der Waals surface area (Å²) in [5.41, 5.74) is 5.42. The van der Waals surface area contributed by atoms with Crippen LogP contribution in [0.3, 0.4) is 0 Å². The Bertz CT molecular complexity index is 1070. The smallest absolute Gasteiger partial charge is 0.128 e. The summed E-state index contributed by atoms with van der Waals surface area (Å²) in [7, 11) is 0. The largest absolute Gasteiger partial charge is 0.457 e. The van der Waals surface area contributed by atoms with Crippen molar-refractivity contribution in [2.75, 3.05) is 13.1 Å². The Morgan fingerprint density at radius 3 is 2.36 bits per heavy atom. The Hall–Kier alpha value is -3.04. The second-order valence-corrected chi connectivity index (χ2v) is 7.47. The Kier molecular flexibility index (Phi) is 4.59. The van der Waals surface area contributed by atoms with Crippen molar-refractivity contribution in [2.45, 2.75) is 19.4 Å². The third-order valence-corrected chi connectivity index (χ3v) is 5.55. The van der Waals surface area contributed by atoms with E-state index in [4.69, 9.17) is 4.74 Å². The number of H-pyrrole nitrogens is 1. The Morgan fingerprint density at radius 1 is 0.786 bits per heavy atom. The lowest BCUT2D eigenvalue weighted by Gasteiger charge is -2.19. The predicted molar refractivity (Wildman–Crippen MR) is 114 cm³/mol. The SMILES string of the molecule is c1ccc(CN2CCc3[nH]c4ccc(Oc5ccccc5)cc4c3CC2)cc1. The van der Waals surface area contributed by atoms with Crippen molar-refractivity contribution in [3.63, 3.8) is 0 Å². The first-order chi connectivity index (χ1) is 13.8. The molecule has 0 radical (unpaired) electrons. The topological polar surface area (TPSA) is 28.3 Å². The number of aromatic amines is 1. The number of rotatable bonds is 4. The van der Waals surface area contributed by atoms with E-state index < -0.39 is 0 Å². The summed E-state index contributed by atoms with van der Waals surface area (Å²) in [5, 5.41) is 1.30. The molecule has 1 aliphatic heterocycles. The molecule has 0 bridgehead atoms. The molecule has 1 aromatic heterocycles. The van der Waals surface area contributed by atoms with Crippen LogP contribution >= 0.6 is 0 Å². The minimum Gasteiger partial charge on any atom is -0.457 e. The van der Waals surface area contributed by atoms with Gasteiger partial charge in [-0.1, -0.05) is 48.5 Å². The molecular formula is C25H24N2O. The van der Waals surface area contributed by atoms with E-state index in [0.717, 1.165) is 44.0 Å². The van der Waals surface area contributed by atoms with E-state index in [-0.39, 0.29) is 0 Å². The highest BCUT2D eigenvalue weighted by molar-refractivity contribution is 5.86. The molecule has 0 fully saturated rings. The monoisotopic (exact) mass is 368 g/mol. The molecule has 2 heterocycles. The van der Waals surface area contributed by atoms with Gasteiger partial charge in [0.2, 0.25) is 0 Å². The van der Waals surface area contributed by atoms with Crippen molar-refractivity contribution in [3.05, 3.63) is 95.7 Å². The first-order valence-corrected chi connectivity index (χ1v) is 9.98. The van der Waals surface area contributed by atoms with E-state index in [1.165, 1.54) is 27.7 Å². The Labute approximate surface area is 165 Å². The Balaban J connectivity index is 1.37. The van der Waals surface area contributed by atoms with E-state index in [1.54, 1.807) is 0 Å². The van der Waals surface area contributed by atoms with Crippen LogP contribution in [0.5, 0.6) is 11.5 Å². The maximum atomic E-state index is 6.05. The zero-order valence-electron chi connectivity index (χ0n) is 15.9. The van der Waals surface area contributed by atoms with Gasteiger partial charge in [0, 0.05) is 42.7 Å². The van der Waals surface area contributed by atoms with Crippen molar-refractivity contribution in [1.29, 1.82) is 0 Å². The molecule has 0 unspecified atom stereocenters. The van der Waals surface area contributed by atoms with Gasteiger partial charge < -0.3 is 9.72 Å². The van der Waals surface area contributed by atoms with Gasteiger partial charge in [-0.05, 0) is 47.9 Å². The molecule has 0 amide bonds. The molecule has 1 aliphatic rings. The molecular weight excluding hydrogens is 344 g/mol. The molecule has 3 aromatic carbocycles. The predicted octanol–water partition coefficient (Wildman–Crippen LogP) is 5.56. The highest BCUT2D eigenvalue weighted by Crippen LogP contribution is 2.31. The lowest BCUT2D eigenvalue weighted by Crippen LogP contribution is -2.26. The first kappa shape index (κ1) is 17.1. The summed E-state index contributed by atoms with van der Waals surface area (Å²) in [6.45, 7) is 3.19. The number of aromatic nitrogens is 1. The van der Waals surface area contributed by atoms with Crippen LogP contribution in [0.25, 0.3) is 10.9 Å². The summed E-state index contributed by atoms with van der Waals surface area (Å²) in [4.78, 5) is 6.20. The molecule has 28 heavy (non-hydrogen) atoms. The normalized spacial score (nSPS) is 14.6. The van der Waals surface area contributed by atoms with Crippen LogP contribution in [-0.2, 0) is 19.4 Å². The van der Waals surface area contributed by atoms with Crippen LogP contribution in [0.2, 0.25) is 0 Å². The van der Waals surface area contributed by atoms with E-state index in [9.17, 15) is 0 Å². The van der Waals surface area contributed by atoms with Crippen molar-refractivity contribution < 1.29 is 4.74 Å². The molecule has 0 atom stereocenters. The van der Waals surface area contributed by atoms with Crippen LogP contribution in [0.15, 0.2) is 78.9 Å². The van der Waals surface area contributed by atoms with E-state index >= 15 is 0 Å². The third kappa shape index (κ3) is 3.54. The number of ether oxygens (including phenoxy) is 1. The maximum Gasteiger partial charge on any atom is 0.128 e. The van der Waals surface area contributed by atoms with Crippen LogP contribution in [-0.4, -0.2) is 23.0 Å². The van der Waals surface area contributed by atoms with Crippen molar-refractivity contribution in [2.24, 2.45) is 0 Å². The fourth-order valence-corrected chi connectivity index (χ4v) is 4.12. The van der Waals surface area contributed by atoms with Gasteiger partial charge in [-0.2, -0.15) is 0 Å². The van der Waals surface area contributed by atoms with Gasteiger partial charge >= 0.3 is 0 Å². The molecule has 3 heteroatoms. The van der Waals surface area contributed by atoms with Crippen LogP contribution in [0, 0.1) is 0 Å². The summed E-state index contributed by atoms with van der Waals surface area (Å²) < 4.78 is 6.05. The van der Waals surface area contributed by atoms with E-state index in [0.29, 0.717) is 0 Å². The van der Waals surface area contributed by atoms with Crippen LogP contribution < -0.4 is 4.74 Å². The highest BCUT2D eigenvalue weighted by atomic mass is 16.5. The summed E-state index contributed by atoms with van der Waals surface area (Å²) in [5.74, 6) is 1.77. The average molecular weight is 368 g/mol. The van der Waals surface area contributed by atoms with Crippen molar-refractivity contribution in [1.82, 2.24) is 9.88 Å². The molecule has 0 saturated carbocycles. The van der Waals surface area contributed by atoms with Gasteiger partial charge in [0.25, 0.3) is 0 Å². The van der Waals surface area contributed by atoms with Gasteiger partial charge in [-0.25, -0.2) is 0 Å². The molecule has 140 valence electrons. The maximum absolute atomic E-state index is 6.05. The number of para-hydroxylation sites is 1. The standard InChI is InChI=1S/C25H24N2O/c1-3-7-19(8-4-1)18-27-15-13-22-23-17-21(28-20-9-5-2-6-10-20)11-12-24(23)26-25(22)14-16-27/h1-12,17,26H,13-16,18H2. The lowest BCUT2D eigenvalue weighted by molar-refractivity contribution is 0.279. The number of fused-ring (bicyclic) bond motifs is 3. The Morgan fingerprint density at radius 2 is 1.54 bits per heavy atom. The van der Waals surface area contributed by atoms with Crippen LogP contribution in [0.4, 0.5) is 0 Å². The van der Waals surface area contributed by atoms with Gasteiger partial charge in [-0.3, -0.25) is 4.90 Å². The van der Waals surface area contributed by atoms with Gasteiger partial charge in [-0.15, -0.1) is 0 Å². The van der Waals surface area contributed by atoms with E-state index in [2.05, 4.69) is 52.3 Å². The van der Waals surface area contributed by atoms with Gasteiger partial charge in [0.15, 0.2) is 0 Å². The zero-order chi connectivity index (χ0) is 18.8. The summed E-state index contributed by atoms with van der Waals surface area (Å²) in [6, 6.07) is 27.1. The number of hydrogen-bond donors (Lipinski definition) is 1. The molecule has 0 spiro atoms. The quantitative estimate of drug-likeness (QED) is 0.511. The fraction of sp³-hybridized carbons (Fsp3) is 0.200. The van der Waals surface area contributed by atoms with Crippen LogP contribution in [0.1, 0.15) is 16.8 Å². The van der Waals surface area contributed by atoms with E-state index in [1.807, 2.05) is 36.4 Å².